The first-order valence-electron chi connectivity index (χ1n) is 12.3. The molecule has 0 atom stereocenters. The zero-order valence-corrected chi connectivity index (χ0v) is 20.8. The van der Waals surface area contributed by atoms with Crippen LogP contribution in [0.5, 0.6) is 0 Å². The Morgan fingerprint density at radius 2 is 1.39 bits per heavy atom. The van der Waals surface area contributed by atoms with Crippen molar-refractivity contribution >= 4 is 11.9 Å². The third-order valence-corrected chi connectivity index (χ3v) is 5.63. The highest BCUT2D eigenvalue weighted by Crippen LogP contribution is 2.36. The highest BCUT2D eigenvalue weighted by atomic mass is 16.5. The third kappa shape index (κ3) is 6.13. The van der Waals surface area contributed by atoms with Crippen LogP contribution in [0.15, 0.2) is 68.8 Å². The first-order valence-corrected chi connectivity index (χ1v) is 12.3. The Morgan fingerprint density at radius 1 is 0.848 bits per heavy atom. The summed E-state index contributed by atoms with van der Waals surface area (Å²) >= 11 is 0. The van der Waals surface area contributed by atoms with E-state index in [4.69, 9.17) is 13.9 Å². The number of allylic oxidation sites excluding steroid dienone is 8. The number of ether oxygens (including phenoxy) is 2. The summed E-state index contributed by atoms with van der Waals surface area (Å²) in [5.41, 5.74) is 3.20. The molecule has 33 heavy (non-hydrogen) atoms. The van der Waals surface area contributed by atoms with Crippen LogP contribution in [-0.2, 0) is 27.1 Å². The molecule has 4 nitrogen and oxygen atoms in total. The highest BCUT2D eigenvalue weighted by Gasteiger charge is 2.34. The number of rotatable bonds is 11. The van der Waals surface area contributed by atoms with Gasteiger partial charge in [-0.1, -0.05) is 27.7 Å². The molecule has 0 saturated carbocycles. The molecule has 0 spiro atoms. The van der Waals surface area contributed by atoms with Crippen LogP contribution in [0.1, 0.15) is 83.3 Å². The minimum atomic E-state index is 0.0107. The van der Waals surface area contributed by atoms with Crippen LogP contribution >= 0.6 is 0 Å². The molecule has 1 aliphatic heterocycles. The van der Waals surface area contributed by atoms with Crippen molar-refractivity contribution in [2.75, 3.05) is 7.11 Å². The van der Waals surface area contributed by atoms with Crippen LogP contribution < -0.4 is 0 Å². The number of aryl methyl sites for hydroxylation is 2. The fourth-order valence-electron chi connectivity index (χ4n) is 4.18. The summed E-state index contributed by atoms with van der Waals surface area (Å²) in [6.45, 7) is 8.55. The first kappa shape index (κ1) is 24.8. The van der Waals surface area contributed by atoms with E-state index in [0.717, 1.165) is 85.5 Å². The van der Waals surface area contributed by atoms with E-state index in [-0.39, 0.29) is 5.78 Å². The number of methoxy groups -OCH3 is 1. The van der Waals surface area contributed by atoms with Crippen molar-refractivity contribution in [3.8, 4) is 0 Å². The van der Waals surface area contributed by atoms with Crippen molar-refractivity contribution in [3.05, 3.63) is 81.4 Å². The van der Waals surface area contributed by atoms with Gasteiger partial charge < -0.3 is 9.47 Å². The minimum Gasteiger partial charge on any atom is -0.495 e. The topological polar surface area (TPSA) is 46.8 Å². The van der Waals surface area contributed by atoms with Gasteiger partial charge in [0.15, 0.2) is 0 Å². The zero-order chi connectivity index (χ0) is 23.8. The monoisotopic (exact) mass is 449 g/mol. The van der Waals surface area contributed by atoms with E-state index >= 15 is 0 Å². The molecule has 0 aromatic carbocycles. The fourth-order valence-corrected chi connectivity index (χ4v) is 4.18. The van der Waals surface area contributed by atoms with Crippen LogP contribution in [-0.4, -0.2) is 12.9 Å². The maximum absolute atomic E-state index is 13.1. The van der Waals surface area contributed by atoms with E-state index in [1.165, 1.54) is 0 Å². The summed E-state index contributed by atoms with van der Waals surface area (Å²) in [6.07, 6.45) is 15.5. The Hall–Kier alpha value is -2.88. The molecule has 0 amide bonds. The number of hydrogen-bond donors (Lipinski definition) is 0. The quantitative estimate of drug-likeness (QED) is 0.257. The molecule has 176 valence electrons. The fraction of sp³-hybridized carbons (Fsp3) is 0.448. The lowest BCUT2D eigenvalue weighted by Crippen LogP contribution is -2.22. The van der Waals surface area contributed by atoms with Crippen LogP contribution in [0.3, 0.4) is 0 Å². The molecular weight excluding hydrogens is 412 g/mol. The van der Waals surface area contributed by atoms with E-state index in [2.05, 4.69) is 27.7 Å². The van der Waals surface area contributed by atoms with Gasteiger partial charge >= 0.3 is 11.5 Å². The lowest BCUT2D eigenvalue weighted by molar-refractivity contribution is -0.113. The van der Waals surface area contributed by atoms with Crippen LogP contribution in [0.2, 0.25) is 0 Å². The summed E-state index contributed by atoms with van der Waals surface area (Å²) in [6, 6.07) is 4.06. The largest absolute Gasteiger partial charge is 0.495 e. The Labute approximate surface area is 198 Å². The van der Waals surface area contributed by atoms with Crippen molar-refractivity contribution < 1.29 is 18.7 Å². The van der Waals surface area contributed by atoms with E-state index < -0.39 is 0 Å². The number of hydrogen-bond acceptors (Lipinski definition) is 3. The Kier molecular flexibility index (Phi) is 8.87. The second-order valence-corrected chi connectivity index (χ2v) is 8.63. The average Bonchev–Trinajstić information content (AvgIpc) is 2.78. The summed E-state index contributed by atoms with van der Waals surface area (Å²) in [7, 11) is 1.63. The molecule has 1 aromatic rings. The van der Waals surface area contributed by atoms with Crippen molar-refractivity contribution in [2.24, 2.45) is 0 Å². The summed E-state index contributed by atoms with van der Waals surface area (Å²) in [5.74, 6) is 4.48. The molecule has 0 radical (unpaired) electrons. The number of Topliss-reactive ketones (excluding diaryl/α,β-unsaturated/α-hetero) is 1. The second-order valence-electron chi connectivity index (χ2n) is 8.63. The molecule has 0 N–H and O–H groups in total. The van der Waals surface area contributed by atoms with Gasteiger partial charge in [-0.05, 0) is 61.1 Å². The van der Waals surface area contributed by atoms with Crippen LogP contribution in [0.25, 0.3) is 6.08 Å². The molecule has 2 aliphatic rings. The van der Waals surface area contributed by atoms with Crippen molar-refractivity contribution in [1.82, 2.24) is 0 Å². The van der Waals surface area contributed by atoms with Crippen LogP contribution in [0.4, 0.5) is 0 Å². The van der Waals surface area contributed by atoms with Gasteiger partial charge in [0.25, 0.3) is 0 Å². The molecule has 0 unspecified atom stereocenters. The smallest absolute Gasteiger partial charge is 0.330 e. The van der Waals surface area contributed by atoms with E-state index in [0.29, 0.717) is 16.9 Å². The average molecular weight is 450 g/mol. The lowest BCUT2D eigenvalue weighted by atomic mass is 9.85. The van der Waals surface area contributed by atoms with Crippen molar-refractivity contribution in [1.29, 1.82) is 0 Å². The Bertz CT molecular complexity index is 985. The zero-order valence-electron chi connectivity index (χ0n) is 20.8. The summed E-state index contributed by atoms with van der Waals surface area (Å²) < 4.78 is 17.7. The van der Waals surface area contributed by atoms with Crippen LogP contribution in [0, 0.1) is 0 Å². The maximum atomic E-state index is 13.1. The lowest BCUT2D eigenvalue weighted by Gasteiger charge is -2.24. The van der Waals surface area contributed by atoms with Gasteiger partial charge in [-0.2, -0.15) is 0 Å². The third-order valence-electron chi connectivity index (χ3n) is 5.63. The van der Waals surface area contributed by atoms with E-state index in [1.54, 1.807) is 7.11 Å². The van der Waals surface area contributed by atoms with Gasteiger partial charge in [-0.3, -0.25) is 4.79 Å². The van der Waals surface area contributed by atoms with Gasteiger partial charge in [0, 0.05) is 25.0 Å². The predicted octanol–water partition coefficient (Wildman–Crippen LogP) is 7.66. The Morgan fingerprint density at radius 3 is 1.88 bits per heavy atom. The number of carbonyl (C=O) groups is 1. The molecule has 0 saturated heterocycles. The van der Waals surface area contributed by atoms with Crippen molar-refractivity contribution in [2.45, 2.75) is 79.1 Å². The number of ketones is 1. The minimum absolute atomic E-state index is 0.0107. The maximum Gasteiger partial charge on any atom is 0.330 e. The van der Waals surface area contributed by atoms with E-state index in [9.17, 15) is 4.79 Å². The molecule has 3 rings (SSSR count). The molecule has 4 heteroatoms. The first-order chi connectivity index (χ1) is 16.0. The summed E-state index contributed by atoms with van der Waals surface area (Å²) in [5, 5.41) is 0. The molecule has 1 aliphatic carbocycles. The van der Waals surface area contributed by atoms with Gasteiger partial charge in [0.05, 0.1) is 31.1 Å². The number of carbonyl (C=O) groups excluding carboxylic acids is 1. The Balaban J connectivity index is 1.96. The van der Waals surface area contributed by atoms with Gasteiger partial charge in [0.2, 0.25) is 5.78 Å². The highest BCUT2D eigenvalue weighted by molar-refractivity contribution is 6.23. The molecule has 0 fully saturated rings. The van der Waals surface area contributed by atoms with Gasteiger partial charge in [-0.25, -0.2) is 4.42 Å². The van der Waals surface area contributed by atoms with Gasteiger partial charge in [0.1, 0.15) is 17.3 Å². The van der Waals surface area contributed by atoms with Crippen molar-refractivity contribution in [3.63, 3.8) is 0 Å². The predicted molar refractivity (Wildman–Crippen MR) is 133 cm³/mol. The molecule has 2 heterocycles. The van der Waals surface area contributed by atoms with E-state index in [1.807, 2.05) is 36.4 Å². The standard InChI is InChI=1S/C29H37O4/c1-6-10-22-14-20(15-23(32-22)11-7-2)18-26-28(30)27(29(26)31-5)19-21-16-24(12-8-3)33-25(17-21)13-9-4/h14-19H,6-13H2,1-5H3/q+1. The SMILES string of the molecule is CCCC1=CC(=CC2=C(OC)/C(=C/c3cc(CCC)[o+]c(CCC)c3)C2=O)C=C(CCC)O1. The summed E-state index contributed by atoms with van der Waals surface area (Å²) in [4.78, 5) is 13.1. The normalized spacial score (nSPS) is 16.9. The molecule has 1 aromatic heterocycles. The van der Waals surface area contributed by atoms with Gasteiger partial charge in [-0.15, -0.1) is 0 Å². The molecule has 0 bridgehead atoms. The molecular formula is C29H37O4+. The second kappa shape index (κ2) is 11.8.